The van der Waals surface area contributed by atoms with Crippen LogP contribution < -0.4 is 4.90 Å². The number of fused-ring (bicyclic) bond motifs is 7. The van der Waals surface area contributed by atoms with Crippen LogP contribution in [0.15, 0.2) is 255 Å². The van der Waals surface area contributed by atoms with Crippen molar-refractivity contribution in [3.8, 4) is 50.2 Å². The average molecular weight is 871 g/mol. The second-order valence-corrected chi connectivity index (χ2v) is 18.4. The van der Waals surface area contributed by atoms with Crippen molar-refractivity contribution >= 4 is 81.1 Å². The van der Waals surface area contributed by atoms with Gasteiger partial charge < -0.3 is 9.47 Å². The third-order valence-electron chi connectivity index (χ3n) is 13.4. The lowest BCUT2D eigenvalue weighted by molar-refractivity contribution is 1.18. The van der Waals surface area contributed by atoms with Gasteiger partial charge in [-0.1, -0.05) is 176 Å². The number of para-hydroxylation sites is 2. The zero-order valence-electron chi connectivity index (χ0n) is 36.6. The number of thiophene rings is 1. The molecule has 0 spiro atoms. The first kappa shape index (κ1) is 38.9. The monoisotopic (exact) mass is 870 g/mol. The molecule has 13 aromatic rings. The second kappa shape index (κ2) is 16.2. The van der Waals surface area contributed by atoms with Gasteiger partial charge >= 0.3 is 0 Å². The van der Waals surface area contributed by atoms with Crippen LogP contribution in [0.2, 0.25) is 0 Å². The Morgan fingerprint density at radius 2 is 0.761 bits per heavy atom. The summed E-state index contributed by atoms with van der Waals surface area (Å²) in [5.74, 6) is 0. The largest absolute Gasteiger partial charge is 0.310 e. The number of aromatic nitrogens is 1. The molecule has 0 aliphatic carbocycles. The Balaban J connectivity index is 0.843. The number of nitrogens with zero attached hydrogens (tertiary/aromatic N) is 2. The number of rotatable bonds is 8. The van der Waals surface area contributed by atoms with Crippen molar-refractivity contribution in [2.45, 2.75) is 0 Å². The Morgan fingerprint density at radius 1 is 0.299 bits per heavy atom. The first-order valence-electron chi connectivity index (χ1n) is 22.9. The maximum atomic E-state index is 2.43. The molecule has 2 nitrogen and oxygen atoms in total. The number of benzene rings is 11. The predicted octanol–water partition coefficient (Wildman–Crippen LogP) is 18.4. The van der Waals surface area contributed by atoms with E-state index in [9.17, 15) is 0 Å². The van der Waals surface area contributed by atoms with Gasteiger partial charge in [0.05, 0.1) is 16.7 Å². The van der Waals surface area contributed by atoms with Gasteiger partial charge in [0.1, 0.15) is 0 Å². The SMILES string of the molecule is c1cc(-c2ccc(-c3ccc(N(c4ccc(-c5cccc(-n6c7ccccc7c7ccccc76)c5)cc4)c4cccc5sc6ccccc6c45)cc3)cc2)cc(-c2ccc3ccccc3c2)c1. The summed E-state index contributed by atoms with van der Waals surface area (Å²) in [6.45, 7) is 0. The molecule has 0 aliphatic rings. The summed E-state index contributed by atoms with van der Waals surface area (Å²) < 4.78 is 4.96. The Labute approximate surface area is 393 Å². The van der Waals surface area contributed by atoms with E-state index in [0.29, 0.717) is 0 Å². The molecule has 0 amide bonds. The maximum absolute atomic E-state index is 2.43. The average Bonchev–Trinajstić information content (AvgIpc) is 3.96. The summed E-state index contributed by atoms with van der Waals surface area (Å²) >= 11 is 1.85. The van der Waals surface area contributed by atoms with Gasteiger partial charge in [-0.05, 0) is 134 Å². The van der Waals surface area contributed by atoms with E-state index in [1.54, 1.807) is 0 Å². The van der Waals surface area contributed by atoms with Crippen LogP contribution in [0, 0.1) is 0 Å². The van der Waals surface area contributed by atoms with Crippen LogP contribution in [0.1, 0.15) is 0 Å². The van der Waals surface area contributed by atoms with Gasteiger partial charge in [0.2, 0.25) is 0 Å². The zero-order valence-corrected chi connectivity index (χ0v) is 37.4. The smallest absolute Gasteiger partial charge is 0.0554 e. The van der Waals surface area contributed by atoms with Crippen LogP contribution in [-0.4, -0.2) is 4.57 Å². The Morgan fingerprint density at radius 3 is 1.43 bits per heavy atom. The molecule has 0 N–H and O–H groups in total. The molecule has 0 fully saturated rings. The first-order chi connectivity index (χ1) is 33.2. The minimum atomic E-state index is 1.10. The Hall–Kier alpha value is -8.50. The van der Waals surface area contributed by atoms with Crippen LogP contribution >= 0.6 is 11.3 Å². The van der Waals surface area contributed by atoms with E-state index in [-0.39, 0.29) is 0 Å². The van der Waals surface area contributed by atoms with Gasteiger partial charge in [-0.3, -0.25) is 0 Å². The fourth-order valence-corrected chi connectivity index (χ4v) is 11.2. The molecule has 0 radical (unpaired) electrons. The highest BCUT2D eigenvalue weighted by Crippen LogP contribution is 2.45. The van der Waals surface area contributed by atoms with Gasteiger partial charge in [0, 0.05) is 48.0 Å². The van der Waals surface area contributed by atoms with E-state index in [1.807, 2.05) is 11.3 Å². The van der Waals surface area contributed by atoms with Crippen molar-refractivity contribution in [1.82, 2.24) is 4.57 Å². The van der Waals surface area contributed by atoms with Crippen LogP contribution in [0.3, 0.4) is 0 Å². The summed E-state index contributed by atoms with van der Waals surface area (Å²) in [5, 5.41) is 7.60. The molecule has 0 saturated carbocycles. The van der Waals surface area contributed by atoms with Crippen molar-refractivity contribution in [3.05, 3.63) is 255 Å². The van der Waals surface area contributed by atoms with Crippen LogP contribution in [-0.2, 0) is 0 Å². The quantitative estimate of drug-likeness (QED) is 0.148. The van der Waals surface area contributed by atoms with Crippen molar-refractivity contribution < 1.29 is 0 Å². The minimum Gasteiger partial charge on any atom is -0.310 e. The standard InChI is InChI=1S/C64H42N2S/c1-2-13-48-41-52(31-30-43(48)12-1)50-15-9-14-49(40-50)46-28-26-44(27-29-46)45-32-36-53(37-33-45)65(61-23-11-25-63-64(61)58-20-5-8-24-62(58)67-63)54-38-34-47(35-39-54)51-16-10-17-55(42-51)66-59-21-6-3-18-56(59)57-19-4-7-22-60(57)66/h1-42H. The molecule has 0 unspecified atom stereocenters. The summed E-state index contributed by atoms with van der Waals surface area (Å²) in [6.07, 6.45) is 0. The topological polar surface area (TPSA) is 8.17 Å². The molecule has 0 saturated heterocycles. The van der Waals surface area contributed by atoms with E-state index in [0.717, 1.165) is 17.1 Å². The molecule has 314 valence electrons. The summed E-state index contributed by atoms with van der Waals surface area (Å²) in [6, 6.07) is 93.1. The molecule has 67 heavy (non-hydrogen) atoms. The molecular weight excluding hydrogens is 829 g/mol. The number of hydrogen-bond donors (Lipinski definition) is 0. The highest BCUT2D eigenvalue weighted by atomic mass is 32.1. The Bertz CT molecular complexity index is 3920. The fourth-order valence-electron chi connectivity index (χ4n) is 10.1. The highest BCUT2D eigenvalue weighted by molar-refractivity contribution is 7.26. The third kappa shape index (κ3) is 6.88. The lowest BCUT2D eigenvalue weighted by atomic mass is 9.96. The van der Waals surface area contributed by atoms with E-state index in [4.69, 9.17) is 0 Å². The summed E-state index contributed by atoms with van der Waals surface area (Å²) in [4.78, 5) is 2.43. The van der Waals surface area contributed by atoms with Crippen molar-refractivity contribution in [1.29, 1.82) is 0 Å². The first-order valence-corrected chi connectivity index (χ1v) is 23.7. The predicted molar refractivity (Wildman–Crippen MR) is 288 cm³/mol. The lowest BCUT2D eigenvalue weighted by Crippen LogP contribution is -2.10. The minimum absolute atomic E-state index is 1.10. The maximum Gasteiger partial charge on any atom is 0.0554 e. The van der Waals surface area contributed by atoms with Crippen molar-refractivity contribution in [2.75, 3.05) is 4.90 Å². The molecule has 0 bridgehead atoms. The van der Waals surface area contributed by atoms with Crippen molar-refractivity contribution in [2.24, 2.45) is 0 Å². The number of anilines is 3. The molecule has 2 heterocycles. The molecule has 0 atom stereocenters. The molecule has 11 aromatic carbocycles. The molecule has 3 heteroatoms. The Kier molecular flexibility index (Phi) is 9.40. The zero-order chi connectivity index (χ0) is 44.3. The van der Waals surface area contributed by atoms with Gasteiger partial charge in [-0.2, -0.15) is 0 Å². The molecule has 13 rings (SSSR count). The number of hydrogen-bond acceptors (Lipinski definition) is 2. The van der Waals surface area contributed by atoms with E-state index >= 15 is 0 Å². The van der Waals surface area contributed by atoms with Crippen LogP contribution in [0.4, 0.5) is 17.1 Å². The van der Waals surface area contributed by atoms with Crippen LogP contribution in [0.5, 0.6) is 0 Å². The van der Waals surface area contributed by atoms with E-state index in [1.165, 1.54) is 103 Å². The van der Waals surface area contributed by atoms with Crippen LogP contribution in [0.25, 0.3) is 103 Å². The van der Waals surface area contributed by atoms with E-state index < -0.39 is 0 Å². The lowest BCUT2D eigenvalue weighted by Gasteiger charge is -2.27. The van der Waals surface area contributed by atoms with Crippen molar-refractivity contribution in [3.63, 3.8) is 0 Å². The fraction of sp³-hybridized carbons (Fsp3) is 0. The van der Waals surface area contributed by atoms with Gasteiger partial charge in [-0.15, -0.1) is 11.3 Å². The van der Waals surface area contributed by atoms with E-state index in [2.05, 4.69) is 264 Å². The van der Waals surface area contributed by atoms with Gasteiger partial charge in [0.25, 0.3) is 0 Å². The van der Waals surface area contributed by atoms with Gasteiger partial charge in [0.15, 0.2) is 0 Å². The highest BCUT2D eigenvalue weighted by Gasteiger charge is 2.19. The molecule has 0 aliphatic heterocycles. The summed E-state index contributed by atoms with van der Waals surface area (Å²) in [7, 11) is 0. The van der Waals surface area contributed by atoms with Gasteiger partial charge in [-0.25, -0.2) is 0 Å². The third-order valence-corrected chi connectivity index (χ3v) is 14.5. The second-order valence-electron chi connectivity index (χ2n) is 17.3. The summed E-state index contributed by atoms with van der Waals surface area (Å²) in [5.41, 5.74) is 16.5. The molecule has 2 aromatic heterocycles. The molecular formula is C64H42N2S. The normalized spacial score (nSPS) is 11.6.